The summed E-state index contributed by atoms with van der Waals surface area (Å²) >= 11 is 0. The van der Waals surface area contributed by atoms with E-state index in [4.69, 9.17) is 10.6 Å². The second-order valence-electron chi connectivity index (χ2n) is 5.76. The van der Waals surface area contributed by atoms with E-state index in [0.29, 0.717) is 0 Å². The van der Waals surface area contributed by atoms with Crippen molar-refractivity contribution in [1.29, 1.82) is 0 Å². The highest BCUT2D eigenvalue weighted by atomic mass is 16.5. The number of nitrogens with zero attached hydrogens (tertiary/aromatic N) is 2. The Morgan fingerprint density at radius 3 is 2.75 bits per heavy atom. The van der Waals surface area contributed by atoms with Gasteiger partial charge < -0.3 is 4.74 Å². The molecular weight excluding hydrogens is 252 g/mol. The molecule has 1 aromatic rings. The molecule has 1 heterocycles. The van der Waals surface area contributed by atoms with Gasteiger partial charge in [-0.05, 0) is 38.7 Å². The van der Waals surface area contributed by atoms with Gasteiger partial charge in [0.25, 0.3) is 0 Å². The van der Waals surface area contributed by atoms with E-state index in [1.165, 1.54) is 25.0 Å². The molecule has 0 aromatic carbocycles. The van der Waals surface area contributed by atoms with Gasteiger partial charge in [-0.25, -0.2) is 0 Å². The molecule has 0 amide bonds. The second kappa shape index (κ2) is 7.20. The summed E-state index contributed by atoms with van der Waals surface area (Å²) in [6, 6.07) is 2.28. The highest BCUT2D eigenvalue weighted by molar-refractivity contribution is 5.03. The zero-order chi connectivity index (χ0) is 14.4. The Morgan fingerprint density at radius 2 is 2.20 bits per heavy atom. The zero-order valence-electron chi connectivity index (χ0n) is 12.8. The van der Waals surface area contributed by atoms with E-state index in [-0.39, 0.29) is 11.6 Å². The smallest absolute Gasteiger partial charge is 0.0848 e. The number of nitrogens with two attached hydrogens (primary N) is 1. The van der Waals surface area contributed by atoms with Gasteiger partial charge in [0, 0.05) is 25.5 Å². The number of aromatic nitrogens is 2. The third-order valence-corrected chi connectivity index (χ3v) is 4.58. The fourth-order valence-corrected chi connectivity index (χ4v) is 3.47. The van der Waals surface area contributed by atoms with E-state index in [9.17, 15) is 0 Å². The van der Waals surface area contributed by atoms with Crippen LogP contribution in [0.4, 0.5) is 0 Å². The Hall–Kier alpha value is -0.910. The minimum Gasteiger partial charge on any atom is -0.374 e. The van der Waals surface area contributed by atoms with Gasteiger partial charge in [0.05, 0.1) is 11.6 Å². The molecule has 114 valence electrons. The van der Waals surface area contributed by atoms with Gasteiger partial charge in [-0.15, -0.1) is 0 Å². The summed E-state index contributed by atoms with van der Waals surface area (Å²) in [5.41, 5.74) is 4.18. The molecule has 1 atom stereocenters. The van der Waals surface area contributed by atoms with E-state index in [1.807, 2.05) is 17.9 Å². The normalized spacial score (nSPS) is 19.9. The SMILES string of the molecule is CCOC1(C(CCc2ccnn2C)NN)CCCCC1. The quantitative estimate of drug-likeness (QED) is 0.591. The van der Waals surface area contributed by atoms with Crippen molar-refractivity contribution in [3.63, 3.8) is 0 Å². The third kappa shape index (κ3) is 3.40. The largest absolute Gasteiger partial charge is 0.374 e. The first-order valence-corrected chi connectivity index (χ1v) is 7.79. The summed E-state index contributed by atoms with van der Waals surface area (Å²) in [5, 5.41) is 4.22. The number of aryl methyl sites for hydroxylation is 2. The van der Waals surface area contributed by atoms with Crippen LogP contribution < -0.4 is 11.3 Å². The van der Waals surface area contributed by atoms with Crippen LogP contribution in [0.2, 0.25) is 0 Å². The lowest BCUT2D eigenvalue weighted by atomic mass is 9.77. The number of nitrogens with one attached hydrogen (secondary N) is 1. The average Bonchev–Trinajstić information content (AvgIpc) is 2.86. The lowest BCUT2D eigenvalue weighted by Crippen LogP contribution is -2.56. The van der Waals surface area contributed by atoms with Crippen LogP contribution in [0.3, 0.4) is 0 Å². The molecule has 5 nitrogen and oxygen atoms in total. The molecule has 1 aromatic heterocycles. The summed E-state index contributed by atoms with van der Waals surface area (Å²) < 4.78 is 8.09. The standard InChI is InChI=1S/C15H28N4O/c1-3-20-15(10-5-4-6-11-15)14(18-16)8-7-13-9-12-17-19(13)2/h9,12,14,18H,3-8,10-11,16H2,1-2H3. The maximum Gasteiger partial charge on any atom is 0.0848 e. The molecule has 5 heteroatoms. The van der Waals surface area contributed by atoms with Crippen LogP contribution in [-0.2, 0) is 18.2 Å². The van der Waals surface area contributed by atoms with Gasteiger partial charge in [0.1, 0.15) is 0 Å². The van der Waals surface area contributed by atoms with Crippen molar-refractivity contribution in [2.75, 3.05) is 6.61 Å². The number of ether oxygens (including phenoxy) is 1. The first-order chi connectivity index (χ1) is 9.72. The Bertz CT molecular complexity index is 393. The molecule has 1 fully saturated rings. The number of hydrogen-bond acceptors (Lipinski definition) is 4. The van der Waals surface area contributed by atoms with Gasteiger partial charge in [-0.2, -0.15) is 5.10 Å². The topological polar surface area (TPSA) is 65.1 Å². The molecule has 0 bridgehead atoms. The first-order valence-electron chi connectivity index (χ1n) is 7.79. The van der Waals surface area contributed by atoms with Crippen molar-refractivity contribution >= 4 is 0 Å². The lowest BCUT2D eigenvalue weighted by Gasteiger charge is -2.43. The zero-order valence-corrected chi connectivity index (χ0v) is 12.8. The van der Waals surface area contributed by atoms with E-state index in [1.54, 1.807) is 0 Å². The Labute approximate surface area is 121 Å². The van der Waals surface area contributed by atoms with Gasteiger partial charge in [-0.3, -0.25) is 16.0 Å². The summed E-state index contributed by atoms with van der Waals surface area (Å²) in [4.78, 5) is 0. The van der Waals surface area contributed by atoms with Gasteiger partial charge in [0.2, 0.25) is 0 Å². The average molecular weight is 280 g/mol. The first kappa shape index (κ1) is 15.5. The fraction of sp³-hybridized carbons (Fsp3) is 0.800. The predicted molar refractivity (Wildman–Crippen MR) is 80.1 cm³/mol. The summed E-state index contributed by atoms with van der Waals surface area (Å²) in [5.74, 6) is 5.84. The molecule has 1 aliphatic rings. The van der Waals surface area contributed by atoms with Crippen LogP contribution in [0.15, 0.2) is 12.3 Å². The number of hydrogen-bond donors (Lipinski definition) is 2. The van der Waals surface area contributed by atoms with Crippen molar-refractivity contribution in [2.45, 2.75) is 63.5 Å². The summed E-state index contributed by atoms with van der Waals surface area (Å²) in [7, 11) is 1.99. The lowest BCUT2D eigenvalue weighted by molar-refractivity contribution is -0.0915. The molecular formula is C15H28N4O. The fourth-order valence-electron chi connectivity index (χ4n) is 3.47. The van der Waals surface area contributed by atoms with Crippen molar-refractivity contribution in [1.82, 2.24) is 15.2 Å². The molecule has 1 aliphatic carbocycles. The molecule has 2 rings (SSSR count). The third-order valence-electron chi connectivity index (χ3n) is 4.58. The van der Waals surface area contributed by atoms with E-state index in [2.05, 4.69) is 23.5 Å². The Morgan fingerprint density at radius 1 is 1.45 bits per heavy atom. The van der Waals surface area contributed by atoms with Crippen molar-refractivity contribution in [3.05, 3.63) is 18.0 Å². The van der Waals surface area contributed by atoms with Gasteiger partial charge in [0.15, 0.2) is 0 Å². The maximum absolute atomic E-state index is 6.16. The van der Waals surface area contributed by atoms with E-state index >= 15 is 0 Å². The van der Waals surface area contributed by atoms with Crippen LogP contribution >= 0.6 is 0 Å². The Balaban J connectivity index is 2.02. The van der Waals surface area contributed by atoms with Gasteiger partial charge in [-0.1, -0.05) is 19.3 Å². The molecule has 0 aliphatic heterocycles. The number of hydrazine groups is 1. The van der Waals surface area contributed by atoms with Crippen LogP contribution in [0.1, 0.15) is 51.1 Å². The van der Waals surface area contributed by atoms with Crippen molar-refractivity contribution < 1.29 is 4.74 Å². The molecule has 3 N–H and O–H groups in total. The molecule has 0 saturated heterocycles. The highest BCUT2D eigenvalue weighted by Gasteiger charge is 2.39. The molecule has 1 unspecified atom stereocenters. The second-order valence-corrected chi connectivity index (χ2v) is 5.76. The molecule has 0 spiro atoms. The maximum atomic E-state index is 6.16. The minimum atomic E-state index is -0.0830. The van der Waals surface area contributed by atoms with Crippen molar-refractivity contribution in [3.8, 4) is 0 Å². The highest BCUT2D eigenvalue weighted by Crippen LogP contribution is 2.36. The van der Waals surface area contributed by atoms with Crippen LogP contribution in [0.25, 0.3) is 0 Å². The van der Waals surface area contributed by atoms with Gasteiger partial charge >= 0.3 is 0 Å². The monoisotopic (exact) mass is 280 g/mol. The van der Waals surface area contributed by atoms with Crippen LogP contribution in [0, 0.1) is 0 Å². The van der Waals surface area contributed by atoms with E-state index < -0.39 is 0 Å². The van der Waals surface area contributed by atoms with Crippen molar-refractivity contribution in [2.24, 2.45) is 12.9 Å². The predicted octanol–water partition coefficient (Wildman–Crippen LogP) is 1.92. The van der Waals surface area contributed by atoms with E-state index in [0.717, 1.165) is 32.3 Å². The molecule has 1 saturated carbocycles. The summed E-state index contributed by atoms with van der Waals surface area (Å²) in [6.45, 7) is 2.83. The minimum absolute atomic E-state index is 0.0830. The number of rotatable bonds is 7. The molecule has 20 heavy (non-hydrogen) atoms. The van der Waals surface area contributed by atoms with Crippen LogP contribution in [0.5, 0.6) is 0 Å². The van der Waals surface area contributed by atoms with Crippen LogP contribution in [-0.4, -0.2) is 28.0 Å². The summed E-state index contributed by atoms with van der Waals surface area (Å²) in [6.07, 6.45) is 9.82. The Kier molecular flexibility index (Phi) is 5.57. The molecule has 0 radical (unpaired) electrons.